The number of rotatable bonds is 3. The minimum absolute atomic E-state index is 0.630. The zero-order chi connectivity index (χ0) is 14.2. The van der Waals surface area contributed by atoms with Crippen molar-refractivity contribution in [2.24, 2.45) is 5.84 Å². The maximum atomic E-state index is 5.52. The van der Waals surface area contributed by atoms with Crippen LogP contribution in [0.1, 0.15) is 29.7 Å². The van der Waals surface area contributed by atoms with Crippen molar-refractivity contribution in [1.29, 1.82) is 0 Å². The van der Waals surface area contributed by atoms with E-state index >= 15 is 0 Å². The summed E-state index contributed by atoms with van der Waals surface area (Å²) in [5, 5.41) is 4.50. The summed E-state index contributed by atoms with van der Waals surface area (Å²) in [5.74, 6) is 7.63. The number of nitrogens with zero attached hydrogens (tertiary/aromatic N) is 4. The van der Waals surface area contributed by atoms with E-state index in [1.807, 2.05) is 32.4 Å². The Bertz CT molecular complexity index is 619. The summed E-state index contributed by atoms with van der Waals surface area (Å²) < 4.78 is 2.81. The summed E-state index contributed by atoms with van der Waals surface area (Å²) in [4.78, 5) is 8.91. The Balaban J connectivity index is 2.70. The molecule has 2 aromatic heterocycles. The lowest BCUT2D eigenvalue weighted by Gasteiger charge is -2.12. The van der Waals surface area contributed by atoms with Crippen LogP contribution in [0, 0.1) is 20.8 Å². The van der Waals surface area contributed by atoms with Crippen LogP contribution in [0.25, 0.3) is 5.82 Å². The second-order valence-electron chi connectivity index (χ2n) is 4.33. The average Bonchev–Trinajstić information content (AvgIpc) is 2.67. The van der Waals surface area contributed by atoms with Gasteiger partial charge in [-0.05, 0) is 36.7 Å². The number of nitrogens with two attached hydrogens (primary N) is 1. The van der Waals surface area contributed by atoms with Crippen molar-refractivity contribution in [2.45, 2.75) is 34.1 Å². The number of hydrogen-bond acceptors (Lipinski definition) is 5. The Morgan fingerprint density at radius 3 is 2.42 bits per heavy atom. The van der Waals surface area contributed by atoms with E-state index in [9.17, 15) is 0 Å². The van der Waals surface area contributed by atoms with Gasteiger partial charge in [-0.2, -0.15) is 5.10 Å². The van der Waals surface area contributed by atoms with Gasteiger partial charge in [0, 0.05) is 12.0 Å². The lowest BCUT2D eigenvalue weighted by molar-refractivity contribution is 0.774. The van der Waals surface area contributed by atoms with Gasteiger partial charge in [0.1, 0.15) is 11.6 Å². The second kappa shape index (κ2) is 5.26. The van der Waals surface area contributed by atoms with Gasteiger partial charge in [-0.3, -0.25) is 0 Å². The highest BCUT2D eigenvalue weighted by Crippen LogP contribution is 2.25. The van der Waals surface area contributed by atoms with E-state index in [0.29, 0.717) is 5.82 Å². The molecular weight excluding hydrogens is 308 g/mol. The molecule has 0 aliphatic heterocycles. The molecule has 7 heteroatoms. The molecule has 0 atom stereocenters. The number of hydrogen-bond donors (Lipinski definition) is 2. The molecule has 0 bridgehead atoms. The predicted molar refractivity (Wildman–Crippen MR) is 78.3 cm³/mol. The molecule has 0 aliphatic rings. The van der Waals surface area contributed by atoms with E-state index in [-0.39, 0.29) is 0 Å². The summed E-state index contributed by atoms with van der Waals surface area (Å²) in [6.07, 6.45) is 0.739. The van der Waals surface area contributed by atoms with E-state index in [1.165, 1.54) is 0 Å². The normalized spacial score (nSPS) is 10.8. The van der Waals surface area contributed by atoms with Crippen molar-refractivity contribution in [3.63, 3.8) is 0 Å². The number of anilines is 1. The van der Waals surface area contributed by atoms with Crippen molar-refractivity contribution in [2.75, 3.05) is 5.43 Å². The maximum absolute atomic E-state index is 5.52. The minimum Gasteiger partial charge on any atom is -0.308 e. The van der Waals surface area contributed by atoms with Gasteiger partial charge < -0.3 is 5.43 Å². The highest BCUT2D eigenvalue weighted by atomic mass is 79.9. The van der Waals surface area contributed by atoms with Crippen LogP contribution in [-0.4, -0.2) is 19.7 Å². The Labute approximate surface area is 120 Å². The third-order valence-corrected chi connectivity index (χ3v) is 4.17. The lowest BCUT2D eigenvalue weighted by atomic mass is 10.3. The molecular formula is C12H17BrN6. The molecule has 0 fully saturated rings. The molecule has 0 spiro atoms. The minimum atomic E-state index is 0.630. The van der Waals surface area contributed by atoms with E-state index in [2.05, 4.69) is 36.4 Å². The van der Waals surface area contributed by atoms with E-state index < -0.39 is 0 Å². The van der Waals surface area contributed by atoms with Crippen LogP contribution in [0.4, 0.5) is 5.82 Å². The Hall–Kier alpha value is -1.47. The van der Waals surface area contributed by atoms with Gasteiger partial charge in [0.15, 0.2) is 5.82 Å². The second-order valence-corrected chi connectivity index (χ2v) is 5.12. The molecule has 0 saturated heterocycles. The van der Waals surface area contributed by atoms with Crippen molar-refractivity contribution in [3.8, 4) is 5.82 Å². The smallest absolute Gasteiger partial charge is 0.162 e. The van der Waals surface area contributed by atoms with Crippen LogP contribution in [0.5, 0.6) is 0 Å². The highest BCUT2D eigenvalue weighted by Gasteiger charge is 2.16. The fourth-order valence-electron chi connectivity index (χ4n) is 1.88. The van der Waals surface area contributed by atoms with Crippen molar-refractivity contribution in [3.05, 3.63) is 27.2 Å². The van der Waals surface area contributed by atoms with Crippen LogP contribution >= 0.6 is 15.9 Å². The van der Waals surface area contributed by atoms with Gasteiger partial charge in [0.05, 0.1) is 15.9 Å². The lowest BCUT2D eigenvalue weighted by Crippen LogP contribution is -2.16. The molecule has 102 valence electrons. The summed E-state index contributed by atoms with van der Waals surface area (Å²) in [6.45, 7) is 7.87. The van der Waals surface area contributed by atoms with Gasteiger partial charge in [-0.25, -0.2) is 20.5 Å². The maximum Gasteiger partial charge on any atom is 0.162 e. The first-order valence-electron chi connectivity index (χ1n) is 6.05. The molecule has 2 rings (SSSR count). The van der Waals surface area contributed by atoms with Gasteiger partial charge in [-0.15, -0.1) is 0 Å². The zero-order valence-electron chi connectivity index (χ0n) is 11.5. The molecule has 2 aromatic rings. The molecule has 0 unspecified atom stereocenters. The topological polar surface area (TPSA) is 81.6 Å². The first-order chi connectivity index (χ1) is 8.99. The van der Waals surface area contributed by atoms with E-state index in [1.54, 1.807) is 0 Å². The molecule has 0 aromatic carbocycles. The van der Waals surface area contributed by atoms with Crippen molar-refractivity contribution >= 4 is 21.7 Å². The SMILES string of the molecule is CCc1nc(NN)c(C)c(-n2nc(C)c(Br)c2C)n1. The Morgan fingerprint density at radius 2 is 1.95 bits per heavy atom. The van der Waals surface area contributed by atoms with Crippen LogP contribution in [0.15, 0.2) is 4.47 Å². The Morgan fingerprint density at radius 1 is 1.26 bits per heavy atom. The molecule has 0 saturated carbocycles. The van der Waals surface area contributed by atoms with Crippen molar-refractivity contribution in [1.82, 2.24) is 19.7 Å². The molecule has 0 radical (unpaired) electrons. The largest absolute Gasteiger partial charge is 0.308 e. The van der Waals surface area contributed by atoms with E-state index in [4.69, 9.17) is 5.84 Å². The number of nitrogen functional groups attached to an aromatic ring is 1. The number of hydrazine groups is 1. The molecule has 0 aliphatic carbocycles. The highest BCUT2D eigenvalue weighted by molar-refractivity contribution is 9.10. The van der Waals surface area contributed by atoms with Crippen LogP contribution in [0.3, 0.4) is 0 Å². The quantitative estimate of drug-likeness (QED) is 0.668. The van der Waals surface area contributed by atoms with E-state index in [0.717, 1.165) is 39.5 Å². The molecule has 6 nitrogen and oxygen atoms in total. The standard InChI is InChI=1S/C12H17BrN6/c1-5-9-15-11(17-14)6(2)12(16-9)19-8(4)10(13)7(3)18-19/h5,14H2,1-4H3,(H,15,16,17). The van der Waals surface area contributed by atoms with Gasteiger partial charge in [-0.1, -0.05) is 6.92 Å². The van der Waals surface area contributed by atoms with Crippen molar-refractivity contribution < 1.29 is 0 Å². The Kier molecular flexibility index (Phi) is 3.86. The molecule has 0 amide bonds. The number of aryl methyl sites for hydroxylation is 2. The first-order valence-corrected chi connectivity index (χ1v) is 6.85. The van der Waals surface area contributed by atoms with Crippen LogP contribution < -0.4 is 11.3 Å². The summed E-state index contributed by atoms with van der Waals surface area (Å²) >= 11 is 3.53. The van der Waals surface area contributed by atoms with Gasteiger partial charge in [0.2, 0.25) is 0 Å². The molecule has 3 N–H and O–H groups in total. The summed E-state index contributed by atoms with van der Waals surface area (Å²) in [5.41, 5.74) is 5.42. The molecule has 19 heavy (non-hydrogen) atoms. The number of aromatic nitrogens is 4. The van der Waals surface area contributed by atoms with Crippen LogP contribution in [0.2, 0.25) is 0 Å². The fraction of sp³-hybridized carbons (Fsp3) is 0.417. The zero-order valence-corrected chi connectivity index (χ0v) is 13.0. The third-order valence-electron chi connectivity index (χ3n) is 3.02. The number of halogens is 1. The summed E-state index contributed by atoms with van der Waals surface area (Å²) in [6, 6.07) is 0. The number of nitrogens with one attached hydrogen (secondary N) is 1. The van der Waals surface area contributed by atoms with Gasteiger partial charge >= 0.3 is 0 Å². The van der Waals surface area contributed by atoms with Crippen LogP contribution in [-0.2, 0) is 6.42 Å². The average molecular weight is 325 g/mol. The van der Waals surface area contributed by atoms with Gasteiger partial charge in [0.25, 0.3) is 0 Å². The third kappa shape index (κ3) is 2.35. The summed E-state index contributed by atoms with van der Waals surface area (Å²) in [7, 11) is 0. The molecule has 2 heterocycles. The first kappa shape index (κ1) is 14.0. The monoisotopic (exact) mass is 324 g/mol. The fourth-order valence-corrected chi connectivity index (χ4v) is 2.13. The predicted octanol–water partition coefficient (Wildman–Crippen LogP) is 2.20.